The smallest absolute Gasteiger partial charge is 0.276 e. The zero-order valence-electron chi connectivity index (χ0n) is 7.45. The molecule has 1 aromatic carbocycles. The van der Waals surface area contributed by atoms with Crippen LogP contribution >= 0.6 is 0 Å². The number of benzene rings is 1. The second-order valence-corrected chi connectivity index (χ2v) is 2.99. The fourth-order valence-electron chi connectivity index (χ4n) is 1.50. The topological polar surface area (TPSA) is 61.4 Å². The summed E-state index contributed by atoms with van der Waals surface area (Å²) < 4.78 is 0. The normalized spacial score (nSPS) is 12.9. The third-order valence-electron chi connectivity index (χ3n) is 2.14. The van der Waals surface area contributed by atoms with Gasteiger partial charge in [-0.2, -0.15) is 0 Å². The molecule has 14 heavy (non-hydrogen) atoms. The number of fused-ring (bicyclic) bond motifs is 1. The lowest BCUT2D eigenvalue weighted by Crippen LogP contribution is -2.21. The number of nitrogens with one attached hydrogen (secondary N) is 2. The number of hydrogen-bond acceptors (Lipinski definition) is 3. The molecule has 0 spiro atoms. The van der Waals surface area contributed by atoms with E-state index in [1.807, 2.05) is 18.2 Å². The lowest BCUT2D eigenvalue weighted by atomic mass is 10.0. The predicted molar refractivity (Wildman–Crippen MR) is 53.2 cm³/mol. The third-order valence-corrected chi connectivity index (χ3v) is 2.14. The van der Waals surface area contributed by atoms with E-state index in [9.17, 15) is 4.79 Å². The first-order valence-corrected chi connectivity index (χ1v) is 4.31. The molecule has 0 aliphatic carbocycles. The standard InChI is InChI=1S/C10H10N2O2/c13-10(12-14)8-5-1-3-7-4-2-6-11-9(7)8/h1-5,11,14H,6H2,(H,12,13). The van der Waals surface area contributed by atoms with E-state index >= 15 is 0 Å². The van der Waals surface area contributed by atoms with Crippen molar-refractivity contribution in [3.63, 3.8) is 0 Å². The van der Waals surface area contributed by atoms with Gasteiger partial charge in [0.15, 0.2) is 0 Å². The van der Waals surface area contributed by atoms with Gasteiger partial charge in [0.25, 0.3) is 5.91 Å². The SMILES string of the molecule is O=C(NO)c1cccc2c1NCC=C2. The number of para-hydroxylation sites is 1. The number of hydrogen-bond donors (Lipinski definition) is 3. The summed E-state index contributed by atoms with van der Waals surface area (Å²) in [6.07, 6.45) is 3.92. The van der Waals surface area contributed by atoms with Crippen LogP contribution in [0.3, 0.4) is 0 Å². The van der Waals surface area contributed by atoms with Crippen molar-refractivity contribution in [3.8, 4) is 0 Å². The minimum absolute atomic E-state index is 0.453. The van der Waals surface area contributed by atoms with Crippen LogP contribution in [0.1, 0.15) is 15.9 Å². The second-order valence-electron chi connectivity index (χ2n) is 2.99. The maximum atomic E-state index is 11.3. The van der Waals surface area contributed by atoms with E-state index < -0.39 is 5.91 Å². The van der Waals surface area contributed by atoms with E-state index in [2.05, 4.69) is 5.32 Å². The highest BCUT2D eigenvalue weighted by atomic mass is 16.5. The van der Waals surface area contributed by atoms with Crippen molar-refractivity contribution in [1.29, 1.82) is 0 Å². The summed E-state index contributed by atoms with van der Waals surface area (Å²) in [5.74, 6) is -0.496. The van der Waals surface area contributed by atoms with Crippen LogP contribution in [-0.4, -0.2) is 17.7 Å². The zero-order valence-corrected chi connectivity index (χ0v) is 7.45. The Hall–Kier alpha value is -1.81. The largest absolute Gasteiger partial charge is 0.380 e. The predicted octanol–water partition coefficient (Wildman–Crippen LogP) is 1.24. The Morgan fingerprint density at radius 3 is 3.14 bits per heavy atom. The van der Waals surface area contributed by atoms with Crippen LogP contribution in [0, 0.1) is 0 Å². The summed E-state index contributed by atoms with van der Waals surface area (Å²) in [6.45, 7) is 0.697. The van der Waals surface area contributed by atoms with Gasteiger partial charge < -0.3 is 5.32 Å². The Morgan fingerprint density at radius 1 is 1.50 bits per heavy atom. The van der Waals surface area contributed by atoms with Crippen LogP contribution in [0.25, 0.3) is 6.08 Å². The molecule has 72 valence electrons. The third kappa shape index (κ3) is 1.36. The van der Waals surface area contributed by atoms with E-state index in [1.165, 1.54) is 0 Å². The Bertz CT molecular complexity index is 399. The van der Waals surface area contributed by atoms with Gasteiger partial charge in [0, 0.05) is 6.54 Å². The summed E-state index contributed by atoms with van der Waals surface area (Å²) in [6, 6.07) is 5.35. The lowest BCUT2D eigenvalue weighted by Gasteiger charge is -2.15. The van der Waals surface area contributed by atoms with Crippen molar-refractivity contribution in [2.75, 3.05) is 11.9 Å². The number of hydroxylamine groups is 1. The van der Waals surface area contributed by atoms with Crippen molar-refractivity contribution in [2.24, 2.45) is 0 Å². The van der Waals surface area contributed by atoms with Crippen molar-refractivity contribution >= 4 is 17.7 Å². The van der Waals surface area contributed by atoms with Crippen LogP contribution < -0.4 is 10.8 Å². The van der Waals surface area contributed by atoms with Crippen LogP contribution in [0.15, 0.2) is 24.3 Å². The molecule has 1 aliphatic heterocycles. The molecule has 1 heterocycles. The number of anilines is 1. The van der Waals surface area contributed by atoms with Gasteiger partial charge in [0.1, 0.15) is 0 Å². The first-order valence-electron chi connectivity index (χ1n) is 4.31. The monoisotopic (exact) mass is 190 g/mol. The maximum absolute atomic E-state index is 11.3. The molecule has 0 radical (unpaired) electrons. The summed E-state index contributed by atoms with van der Waals surface area (Å²) in [5, 5.41) is 11.6. The van der Waals surface area contributed by atoms with Crippen LogP contribution in [-0.2, 0) is 0 Å². The summed E-state index contributed by atoms with van der Waals surface area (Å²) >= 11 is 0. The second kappa shape index (κ2) is 3.51. The molecule has 2 rings (SSSR count). The van der Waals surface area contributed by atoms with Crippen LogP contribution in [0.5, 0.6) is 0 Å². The zero-order chi connectivity index (χ0) is 9.97. The van der Waals surface area contributed by atoms with Crippen molar-refractivity contribution < 1.29 is 10.0 Å². The van der Waals surface area contributed by atoms with Gasteiger partial charge in [-0.25, -0.2) is 5.48 Å². The molecule has 0 aromatic heterocycles. The average molecular weight is 190 g/mol. The fraction of sp³-hybridized carbons (Fsp3) is 0.100. The molecule has 0 bridgehead atoms. The number of amides is 1. The van der Waals surface area contributed by atoms with Gasteiger partial charge >= 0.3 is 0 Å². The molecule has 0 saturated heterocycles. The Balaban J connectivity index is 2.51. The Kier molecular flexibility index (Phi) is 2.20. The van der Waals surface area contributed by atoms with Gasteiger partial charge in [-0.15, -0.1) is 0 Å². The summed E-state index contributed by atoms with van der Waals surface area (Å²) in [5.41, 5.74) is 3.80. The average Bonchev–Trinajstić information content (AvgIpc) is 2.27. The Labute approximate surface area is 81.2 Å². The molecule has 0 unspecified atom stereocenters. The van der Waals surface area contributed by atoms with Crippen molar-refractivity contribution in [2.45, 2.75) is 0 Å². The summed E-state index contributed by atoms with van der Waals surface area (Å²) in [4.78, 5) is 11.3. The highest BCUT2D eigenvalue weighted by molar-refractivity contribution is 6.01. The minimum atomic E-state index is -0.496. The first-order chi connectivity index (χ1) is 6.83. The molecular weight excluding hydrogens is 180 g/mol. The number of rotatable bonds is 1. The van der Waals surface area contributed by atoms with E-state index in [1.54, 1.807) is 17.6 Å². The quantitative estimate of drug-likeness (QED) is 0.461. The molecule has 0 saturated carbocycles. The molecule has 4 nitrogen and oxygen atoms in total. The van der Waals surface area contributed by atoms with E-state index in [0.29, 0.717) is 12.1 Å². The van der Waals surface area contributed by atoms with Gasteiger partial charge in [-0.1, -0.05) is 24.3 Å². The Morgan fingerprint density at radius 2 is 2.36 bits per heavy atom. The summed E-state index contributed by atoms with van der Waals surface area (Å²) in [7, 11) is 0. The van der Waals surface area contributed by atoms with Gasteiger partial charge in [0.2, 0.25) is 0 Å². The maximum Gasteiger partial charge on any atom is 0.276 e. The highest BCUT2D eigenvalue weighted by Crippen LogP contribution is 2.24. The molecule has 1 aliphatic rings. The molecular formula is C10H10N2O2. The van der Waals surface area contributed by atoms with Crippen molar-refractivity contribution in [1.82, 2.24) is 5.48 Å². The molecule has 1 aromatic rings. The van der Waals surface area contributed by atoms with Gasteiger partial charge in [-0.05, 0) is 11.6 Å². The molecule has 0 fully saturated rings. The molecule has 1 amide bonds. The number of carbonyl (C=O) groups excluding carboxylic acids is 1. The van der Waals surface area contributed by atoms with Gasteiger partial charge in [0.05, 0.1) is 11.3 Å². The van der Waals surface area contributed by atoms with Gasteiger partial charge in [-0.3, -0.25) is 10.0 Å². The highest BCUT2D eigenvalue weighted by Gasteiger charge is 2.13. The van der Waals surface area contributed by atoms with Crippen LogP contribution in [0.2, 0.25) is 0 Å². The molecule has 4 heteroatoms. The molecule has 3 N–H and O–H groups in total. The number of carbonyl (C=O) groups is 1. The van der Waals surface area contributed by atoms with E-state index in [0.717, 1.165) is 11.3 Å². The van der Waals surface area contributed by atoms with Crippen LogP contribution in [0.4, 0.5) is 5.69 Å². The first kappa shape index (κ1) is 8.77. The van der Waals surface area contributed by atoms with E-state index in [-0.39, 0.29) is 0 Å². The minimum Gasteiger partial charge on any atom is -0.380 e. The van der Waals surface area contributed by atoms with Crippen molar-refractivity contribution in [3.05, 3.63) is 35.4 Å². The molecule has 0 atom stereocenters. The van der Waals surface area contributed by atoms with E-state index in [4.69, 9.17) is 5.21 Å². The fourth-order valence-corrected chi connectivity index (χ4v) is 1.50. The lowest BCUT2D eigenvalue weighted by molar-refractivity contribution is 0.0707.